The van der Waals surface area contributed by atoms with Crippen molar-refractivity contribution in [3.63, 3.8) is 0 Å². The van der Waals surface area contributed by atoms with Gasteiger partial charge in [0, 0.05) is 4.47 Å². The van der Waals surface area contributed by atoms with E-state index in [1.165, 1.54) is 12.7 Å². The molecule has 1 aromatic rings. The molecule has 0 unspecified atom stereocenters. The van der Waals surface area contributed by atoms with Gasteiger partial charge in [0.05, 0.1) is 7.11 Å². The monoisotopic (exact) mass is 283 g/mol. The Kier molecular flexibility index (Phi) is 3.04. The second-order valence-corrected chi connectivity index (χ2v) is 5.13. The maximum absolute atomic E-state index is 11.4. The molecule has 1 aliphatic carbocycles. The molecule has 1 fully saturated rings. The number of carbonyl (C=O) groups is 1. The standard InChI is InChI=1S/C12H14BrNO2/c1-16-11(15)12(14)6-8(7-12)9-4-2-3-5-10(9)13/h2-5,8H,6-7,14H2,1H3. The lowest BCUT2D eigenvalue weighted by Crippen LogP contribution is -2.57. The first kappa shape index (κ1) is 11.6. The Labute approximate surface area is 103 Å². The highest BCUT2D eigenvalue weighted by Crippen LogP contribution is 2.45. The van der Waals surface area contributed by atoms with Crippen molar-refractivity contribution in [1.82, 2.24) is 0 Å². The van der Waals surface area contributed by atoms with Crippen LogP contribution in [0.5, 0.6) is 0 Å². The lowest BCUT2D eigenvalue weighted by molar-refractivity contribution is -0.151. The predicted octanol–water partition coefficient (Wildman–Crippen LogP) is 2.20. The first-order valence-electron chi connectivity index (χ1n) is 5.18. The molecule has 1 saturated carbocycles. The molecular formula is C12H14BrNO2. The quantitative estimate of drug-likeness (QED) is 0.847. The Bertz CT molecular complexity index is 413. The molecule has 2 N–H and O–H groups in total. The van der Waals surface area contributed by atoms with Gasteiger partial charge in [0.1, 0.15) is 5.54 Å². The Morgan fingerprint density at radius 3 is 2.69 bits per heavy atom. The number of benzene rings is 1. The first-order valence-corrected chi connectivity index (χ1v) is 5.98. The van der Waals surface area contributed by atoms with Crippen molar-refractivity contribution in [2.45, 2.75) is 24.3 Å². The zero-order valence-corrected chi connectivity index (χ0v) is 10.7. The van der Waals surface area contributed by atoms with Gasteiger partial charge in [-0.1, -0.05) is 34.1 Å². The molecule has 0 spiro atoms. The molecular weight excluding hydrogens is 270 g/mol. The number of hydrogen-bond acceptors (Lipinski definition) is 3. The number of esters is 1. The summed E-state index contributed by atoms with van der Waals surface area (Å²) in [6.45, 7) is 0. The number of carbonyl (C=O) groups excluding carboxylic acids is 1. The van der Waals surface area contributed by atoms with Crippen LogP contribution in [0, 0.1) is 0 Å². The number of ether oxygens (including phenoxy) is 1. The molecule has 4 heteroatoms. The van der Waals surface area contributed by atoms with Crippen molar-refractivity contribution in [3.8, 4) is 0 Å². The highest BCUT2D eigenvalue weighted by molar-refractivity contribution is 9.10. The van der Waals surface area contributed by atoms with Crippen LogP contribution in [0.2, 0.25) is 0 Å². The van der Waals surface area contributed by atoms with Crippen LogP contribution in [0.3, 0.4) is 0 Å². The van der Waals surface area contributed by atoms with E-state index in [4.69, 9.17) is 10.5 Å². The van der Waals surface area contributed by atoms with Gasteiger partial charge >= 0.3 is 5.97 Å². The third-order valence-electron chi connectivity index (χ3n) is 3.16. The van der Waals surface area contributed by atoms with Crippen LogP contribution in [0.1, 0.15) is 24.3 Å². The van der Waals surface area contributed by atoms with Gasteiger partial charge in [0.2, 0.25) is 0 Å². The van der Waals surface area contributed by atoms with Crippen LogP contribution >= 0.6 is 15.9 Å². The maximum Gasteiger partial charge on any atom is 0.325 e. The highest BCUT2D eigenvalue weighted by atomic mass is 79.9. The third-order valence-corrected chi connectivity index (χ3v) is 3.88. The van der Waals surface area contributed by atoms with Crippen LogP contribution < -0.4 is 5.73 Å². The molecule has 0 heterocycles. The molecule has 3 nitrogen and oxygen atoms in total. The third kappa shape index (κ3) is 1.87. The van der Waals surface area contributed by atoms with E-state index in [0.29, 0.717) is 18.8 Å². The number of rotatable bonds is 2. The summed E-state index contributed by atoms with van der Waals surface area (Å²) < 4.78 is 5.77. The topological polar surface area (TPSA) is 52.3 Å². The second-order valence-electron chi connectivity index (χ2n) is 4.27. The summed E-state index contributed by atoms with van der Waals surface area (Å²) in [6, 6.07) is 8.03. The van der Waals surface area contributed by atoms with E-state index in [1.54, 1.807) is 0 Å². The van der Waals surface area contributed by atoms with Gasteiger partial charge < -0.3 is 10.5 Å². The summed E-state index contributed by atoms with van der Waals surface area (Å²) in [6.07, 6.45) is 1.31. The van der Waals surface area contributed by atoms with Crippen LogP contribution in [-0.2, 0) is 9.53 Å². The summed E-state index contributed by atoms with van der Waals surface area (Å²) in [4.78, 5) is 11.4. The van der Waals surface area contributed by atoms with Crippen molar-refractivity contribution in [3.05, 3.63) is 34.3 Å². The van der Waals surface area contributed by atoms with Crippen molar-refractivity contribution < 1.29 is 9.53 Å². The van der Waals surface area contributed by atoms with Crippen LogP contribution in [0.4, 0.5) is 0 Å². The average Bonchev–Trinajstić information content (AvgIpc) is 2.25. The Morgan fingerprint density at radius 1 is 1.50 bits per heavy atom. The van der Waals surface area contributed by atoms with E-state index in [9.17, 15) is 4.79 Å². The average molecular weight is 284 g/mol. The van der Waals surface area contributed by atoms with Crippen LogP contribution in [-0.4, -0.2) is 18.6 Å². The molecule has 0 aliphatic heterocycles. The molecule has 2 rings (SSSR count). The van der Waals surface area contributed by atoms with E-state index in [2.05, 4.69) is 22.0 Å². The fourth-order valence-electron chi connectivity index (χ4n) is 2.22. The van der Waals surface area contributed by atoms with Crippen molar-refractivity contribution in [2.75, 3.05) is 7.11 Å². The fourth-order valence-corrected chi connectivity index (χ4v) is 2.82. The first-order chi connectivity index (χ1) is 7.57. The number of methoxy groups -OCH3 is 1. The van der Waals surface area contributed by atoms with E-state index >= 15 is 0 Å². The predicted molar refractivity (Wildman–Crippen MR) is 65.1 cm³/mol. The number of halogens is 1. The summed E-state index contributed by atoms with van der Waals surface area (Å²) in [7, 11) is 1.38. The summed E-state index contributed by atoms with van der Waals surface area (Å²) >= 11 is 3.51. The van der Waals surface area contributed by atoms with Crippen LogP contribution in [0.15, 0.2) is 28.7 Å². The van der Waals surface area contributed by atoms with E-state index in [-0.39, 0.29) is 5.97 Å². The molecule has 1 aromatic carbocycles. The van der Waals surface area contributed by atoms with Gasteiger partial charge in [0.15, 0.2) is 0 Å². The van der Waals surface area contributed by atoms with E-state index in [1.807, 2.05) is 18.2 Å². The van der Waals surface area contributed by atoms with Crippen LogP contribution in [0.25, 0.3) is 0 Å². The Balaban J connectivity index is 2.09. The van der Waals surface area contributed by atoms with Gasteiger partial charge in [-0.15, -0.1) is 0 Å². The summed E-state index contributed by atoms with van der Waals surface area (Å²) in [5.41, 5.74) is 6.38. The largest absolute Gasteiger partial charge is 0.468 e. The Hall–Kier alpha value is -0.870. The lowest BCUT2D eigenvalue weighted by atomic mass is 9.66. The lowest BCUT2D eigenvalue weighted by Gasteiger charge is -2.42. The van der Waals surface area contributed by atoms with Crippen molar-refractivity contribution in [1.29, 1.82) is 0 Å². The smallest absolute Gasteiger partial charge is 0.325 e. The molecule has 1 aliphatic rings. The highest BCUT2D eigenvalue weighted by Gasteiger charge is 2.48. The molecule has 0 aromatic heterocycles. The number of hydrogen-bond donors (Lipinski definition) is 1. The minimum Gasteiger partial charge on any atom is -0.468 e. The molecule has 0 bridgehead atoms. The van der Waals surface area contributed by atoms with E-state index in [0.717, 1.165) is 4.47 Å². The molecule has 0 saturated heterocycles. The number of nitrogens with two attached hydrogens (primary N) is 1. The van der Waals surface area contributed by atoms with E-state index < -0.39 is 5.54 Å². The molecule has 0 amide bonds. The SMILES string of the molecule is COC(=O)C1(N)CC(c2ccccc2Br)C1. The molecule has 0 radical (unpaired) electrons. The van der Waals surface area contributed by atoms with Gasteiger partial charge in [-0.05, 0) is 30.4 Å². The fraction of sp³-hybridized carbons (Fsp3) is 0.417. The minimum absolute atomic E-state index is 0.309. The Morgan fingerprint density at radius 2 is 2.12 bits per heavy atom. The summed E-state index contributed by atoms with van der Waals surface area (Å²) in [5.74, 6) is 0.0375. The normalized spacial score (nSPS) is 28.3. The van der Waals surface area contributed by atoms with Gasteiger partial charge in [-0.3, -0.25) is 4.79 Å². The molecule has 86 valence electrons. The van der Waals surface area contributed by atoms with Crippen molar-refractivity contribution in [2.24, 2.45) is 5.73 Å². The summed E-state index contributed by atoms with van der Waals surface area (Å²) in [5, 5.41) is 0. The van der Waals surface area contributed by atoms with Gasteiger partial charge in [0.25, 0.3) is 0 Å². The van der Waals surface area contributed by atoms with Gasteiger partial charge in [-0.2, -0.15) is 0 Å². The maximum atomic E-state index is 11.4. The van der Waals surface area contributed by atoms with Gasteiger partial charge in [-0.25, -0.2) is 0 Å². The molecule has 0 atom stereocenters. The second kappa shape index (κ2) is 4.18. The van der Waals surface area contributed by atoms with Crippen molar-refractivity contribution >= 4 is 21.9 Å². The zero-order chi connectivity index (χ0) is 11.8. The minimum atomic E-state index is -0.783. The molecule has 16 heavy (non-hydrogen) atoms. The zero-order valence-electron chi connectivity index (χ0n) is 9.07.